The third kappa shape index (κ3) is 3.98. The van der Waals surface area contributed by atoms with Crippen LogP contribution in [-0.4, -0.2) is 24.9 Å². The molecule has 0 bridgehead atoms. The van der Waals surface area contributed by atoms with Gasteiger partial charge in [-0.15, -0.1) is 0 Å². The SMILES string of the molecule is CCn1cnc2c(=O)n(-c3ccc(Cl)cc3)c(SCCC3CCCCC3)nc21. The number of aryl methyl sites for hydroxylation is 1. The number of aromatic nitrogens is 4. The summed E-state index contributed by atoms with van der Waals surface area (Å²) in [5.41, 5.74) is 1.72. The highest BCUT2D eigenvalue weighted by molar-refractivity contribution is 7.99. The second kappa shape index (κ2) is 8.70. The molecule has 0 saturated heterocycles. The molecule has 3 aromatic rings. The predicted octanol–water partition coefficient (Wildman–Crippen LogP) is 5.32. The molecule has 0 unspecified atom stereocenters. The molecule has 1 aliphatic rings. The van der Waals surface area contributed by atoms with E-state index in [2.05, 4.69) is 4.98 Å². The minimum atomic E-state index is -0.125. The normalized spacial score (nSPS) is 15.4. The second-order valence-electron chi connectivity index (χ2n) is 7.36. The van der Waals surface area contributed by atoms with E-state index >= 15 is 0 Å². The highest BCUT2D eigenvalue weighted by atomic mass is 35.5. The number of halogens is 1. The van der Waals surface area contributed by atoms with Gasteiger partial charge in [0.2, 0.25) is 0 Å². The van der Waals surface area contributed by atoms with Crippen LogP contribution in [0.15, 0.2) is 40.5 Å². The molecule has 4 rings (SSSR count). The zero-order valence-corrected chi connectivity index (χ0v) is 17.7. The molecule has 7 heteroatoms. The first-order valence-corrected chi connectivity index (χ1v) is 11.4. The van der Waals surface area contributed by atoms with Gasteiger partial charge in [0.25, 0.3) is 5.56 Å². The monoisotopic (exact) mass is 416 g/mol. The van der Waals surface area contributed by atoms with E-state index in [-0.39, 0.29) is 5.56 Å². The number of imidazole rings is 1. The number of hydrogen-bond acceptors (Lipinski definition) is 4. The quantitative estimate of drug-likeness (QED) is 0.403. The summed E-state index contributed by atoms with van der Waals surface area (Å²) in [5, 5.41) is 1.37. The fourth-order valence-electron chi connectivity index (χ4n) is 3.92. The summed E-state index contributed by atoms with van der Waals surface area (Å²) in [5.74, 6) is 1.78. The van der Waals surface area contributed by atoms with Gasteiger partial charge in [0.15, 0.2) is 16.3 Å². The zero-order chi connectivity index (χ0) is 19.5. The van der Waals surface area contributed by atoms with E-state index in [9.17, 15) is 4.79 Å². The maximum absolute atomic E-state index is 13.2. The standard InChI is InChI=1S/C21H25ClN4OS/c1-2-25-14-23-18-19(25)24-21(28-13-12-15-6-4-3-5-7-15)26(20(18)27)17-10-8-16(22)9-11-17/h8-11,14-15H,2-7,12-13H2,1H3. The van der Waals surface area contributed by atoms with Gasteiger partial charge in [0, 0.05) is 17.3 Å². The van der Waals surface area contributed by atoms with Crippen molar-refractivity contribution >= 4 is 34.5 Å². The summed E-state index contributed by atoms with van der Waals surface area (Å²) in [6.07, 6.45) is 9.61. The molecule has 1 aliphatic carbocycles. The van der Waals surface area contributed by atoms with Crippen LogP contribution in [0.25, 0.3) is 16.9 Å². The van der Waals surface area contributed by atoms with E-state index in [0.717, 1.165) is 29.1 Å². The summed E-state index contributed by atoms with van der Waals surface area (Å²) >= 11 is 7.71. The molecule has 1 saturated carbocycles. The lowest BCUT2D eigenvalue weighted by Crippen LogP contribution is -2.22. The molecule has 0 atom stereocenters. The van der Waals surface area contributed by atoms with Gasteiger partial charge in [-0.25, -0.2) is 9.97 Å². The Bertz CT molecular complexity index is 1010. The molecule has 0 radical (unpaired) electrons. The summed E-state index contributed by atoms with van der Waals surface area (Å²) in [6.45, 7) is 2.77. The van der Waals surface area contributed by atoms with Crippen LogP contribution in [-0.2, 0) is 6.54 Å². The molecule has 0 spiro atoms. The van der Waals surface area contributed by atoms with Crippen LogP contribution < -0.4 is 5.56 Å². The lowest BCUT2D eigenvalue weighted by atomic mass is 9.88. The van der Waals surface area contributed by atoms with Gasteiger partial charge in [0.1, 0.15) is 0 Å². The molecule has 5 nitrogen and oxygen atoms in total. The Hall–Kier alpha value is -1.79. The molecule has 148 valence electrons. The van der Waals surface area contributed by atoms with Crippen molar-refractivity contribution in [3.63, 3.8) is 0 Å². The van der Waals surface area contributed by atoms with E-state index in [4.69, 9.17) is 16.6 Å². The third-order valence-corrected chi connectivity index (χ3v) is 6.74. The topological polar surface area (TPSA) is 52.7 Å². The summed E-state index contributed by atoms with van der Waals surface area (Å²) in [6, 6.07) is 7.32. The maximum Gasteiger partial charge on any atom is 0.286 e. The fourth-order valence-corrected chi connectivity index (χ4v) is 5.14. The molecule has 0 amide bonds. The van der Waals surface area contributed by atoms with Crippen molar-refractivity contribution in [1.82, 2.24) is 19.1 Å². The van der Waals surface area contributed by atoms with E-state index < -0.39 is 0 Å². The van der Waals surface area contributed by atoms with Crippen LogP contribution in [0, 0.1) is 5.92 Å². The van der Waals surface area contributed by atoms with Crippen molar-refractivity contribution in [2.75, 3.05) is 5.75 Å². The van der Waals surface area contributed by atoms with E-state index in [1.54, 1.807) is 34.8 Å². The van der Waals surface area contributed by atoms with Crippen LogP contribution in [0.5, 0.6) is 0 Å². The average Bonchev–Trinajstić information content (AvgIpc) is 3.13. The first kappa shape index (κ1) is 19.5. The molecule has 28 heavy (non-hydrogen) atoms. The molecule has 2 aromatic heterocycles. The van der Waals surface area contributed by atoms with E-state index in [1.165, 1.54) is 38.5 Å². The summed E-state index contributed by atoms with van der Waals surface area (Å²) in [4.78, 5) is 22.4. The maximum atomic E-state index is 13.2. The fraction of sp³-hybridized carbons (Fsp3) is 0.476. The van der Waals surface area contributed by atoms with Crippen molar-refractivity contribution in [2.45, 2.75) is 57.1 Å². The van der Waals surface area contributed by atoms with Crippen molar-refractivity contribution in [3.8, 4) is 5.69 Å². The van der Waals surface area contributed by atoms with Crippen LogP contribution in [0.4, 0.5) is 0 Å². The number of benzene rings is 1. The van der Waals surface area contributed by atoms with Gasteiger partial charge in [0.05, 0.1) is 12.0 Å². The second-order valence-corrected chi connectivity index (χ2v) is 8.85. The molecule has 1 fully saturated rings. The Balaban J connectivity index is 1.70. The Labute approximate surface area is 174 Å². The lowest BCUT2D eigenvalue weighted by molar-refractivity contribution is 0.351. The Kier molecular flexibility index (Phi) is 6.07. The van der Waals surface area contributed by atoms with Gasteiger partial charge in [-0.2, -0.15) is 0 Å². The lowest BCUT2D eigenvalue weighted by Gasteiger charge is -2.21. The number of rotatable bonds is 6. The third-order valence-electron chi connectivity index (χ3n) is 5.52. The van der Waals surface area contributed by atoms with Crippen LogP contribution in [0.1, 0.15) is 45.4 Å². The molecular formula is C21H25ClN4OS. The predicted molar refractivity (Wildman–Crippen MR) is 116 cm³/mol. The molecule has 0 N–H and O–H groups in total. The van der Waals surface area contributed by atoms with Crippen molar-refractivity contribution in [2.24, 2.45) is 5.92 Å². The van der Waals surface area contributed by atoms with Crippen LogP contribution >= 0.6 is 23.4 Å². The Morgan fingerprint density at radius 3 is 2.64 bits per heavy atom. The summed E-state index contributed by atoms with van der Waals surface area (Å²) < 4.78 is 3.60. The molecule has 0 aliphatic heterocycles. The first-order chi connectivity index (χ1) is 13.7. The van der Waals surface area contributed by atoms with Gasteiger partial charge >= 0.3 is 0 Å². The van der Waals surface area contributed by atoms with Gasteiger partial charge in [-0.3, -0.25) is 9.36 Å². The molecule has 1 aromatic carbocycles. The highest BCUT2D eigenvalue weighted by Gasteiger charge is 2.18. The molecule has 2 heterocycles. The molecular weight excluding hydrogens is 392 g/mol. The number of nitrogens with zero attached hydrogens (tertiary/aromatic N) is 4. The number of fused-ring (bicyclic) bond motifs is 1. The van der Waals surface area contributed by atoms with Crippen molar-refractivity contribution in [1.29, 1.82) is 0 Å². The number of thioether (sulfide) groups is 1. The van der Waals surface area contributed by atoms with Crippen molar-refractivity contribution < 1.29 is 0 Å². The van der Waals surface area contributed by atoms with E-state index in [0.29, 0.717) is 16.2 Å². The number of hydrogen-bond donors (Lipinski definition) is 0. The minimum absolute atomic E-state index is 0.125. The zero-order valence-electron chi connectivity index (χ0n) is 16.1. The van der Waals surface area contributed by atoms with Crippen molar-refractivity contribution in [3.05, 3.63) is 46.0 Å². The smallest absolute Gasteiger partial charge is 0.286 e. The van der Waals surface area contributed by atoms with Crippen LogP contribution in [0.2, 0.25) is 5.02 Å². The average molecular weight is 417 g/mol. The van der Waals surface area contributed by atoms with E-state index in [1.807, 2.05) is 23.6 Å². The minimum Gasteiger partial charge on any atom is -0.315 e. The van der Waals surface area contributed by atoms with Gasteiger partial charge in [-0.05, 0) is 43.5 Å². The summed E-state index contributed by atoms with van der Waals surface area (Å²) in [7, 11) is 0. The van der Waals surface area contributed by atoms with Gasteiger partial charge in [-0.1, -0.05) is 55.5 Å². The van der Waals surface area contributed by atoms with Gasteiger partial charge < -0.3 is 4.57 Å². The Morgan fingerprint density at radius 2 is 1.93 bits per heavy atom. The largest absolute Gasteiger partial charge is 0.315 e. The highest BCUT2D eigenvalue weighted by Crippen LogP contribution is 2.29. The Morgan fingerprint density at radius 1 is 1.18 bits per heavy atom. The van der Waals surface area contributed by atoms with Crippen LogP contribution in [0.3, 0.4) is 0 Å². The first-order valence-electron chi connectivity index (χ1n) is 10.0.